The van der Waals surface area contributed by atoms with Crippen molar-refractivity contribution in [1.29, 1.82) is 0 Å². The number of carbonyl (C=O) groups is 1. The number of nitrogens with one attached hydrogen (secondary N) is 2. The summed E-state index contributed by atoms with van der Waals surface area (Å²) in [5.74, 6) is -0.391. The van der Waals surface area contributed by atoms with Gasteiger partial charge in [-0.3, -0.25) is 14.9 Å². The van der Waals surface area contributed by atoms with Crippen LogP contribution in [0.3, 0.4) is 0 Å². The van der Waals surface area contributed by atoms with E-state index in [2.05, 4.69) is 17.6 Å². The van der Waals surface area contributed by atoms with Crippen LogP contribution in [-0.2, 0) is 0 Å². The first-order valence-corrected chi connectivity index (χ1v) is 7.41. The van der Waals surface area contributed by atoms with Gasteiger partial charge in [0, 0.05) is 13.1 Å². The normalized spacial score (nSPS) is 10.2. The molecule has 1 aromatic carbocycles. The lowest BCUT2D eigenvalue weighted by Crippen LogP contribution is -2.25. The summed E-state index contributed by atoms with van der Waals surface area (Å²) in [6.45, 7) is 5.07. The zero-order valence-corrected chi connectivity index (χ0v) is 12.6. The van der Waals surface area contributed by atoms with Crippen molar-refractivity contribution in [2.45, 2.75) is 39.5 Å². The molecule has 0 unspecified atom stereocenters. The van der Waals surface area contributed by atoms with Gasteiger partial charge in [0.2, 0.25) is 0 Å². The molecule has 0 atom stereocenters. The number of hydrogen-bond donors (Lipinski definition) is 2. The lowest BCUT2D eigenvalue weighted by molar-refractivity contribution is -0.384. The summed E-state index contributed by atoms with van der Waals surface area (Å²) >= 11 is 0. The van der Waals surface area contributed by atoms with E-state index in [9.17, 15) is 14.9 Å². The number of nitrogens with zero attached hydrogens (tertiary/aromatic N) is 1. The molecule has 0 fully saturated rings. The molecular formula is C15H23N3O3. The van der Waals surface area contributed by atoms with Crippen LogP contribution in [0.1, 0.15) is 49.9 Å². The highest BCUT2D eigenvalue weighted by Crippen LogP contribution is 2.28. The number of anilines is 1. The van der Waals surface area contributed by atoms with E-state index in [1.165, 1.54) is 6.07 Å². The summed E-state index contributed by atoms with van der Waals surface area (Å²) in [6, 6.07) is 4.75. The Hall–Kier alpha value is -2.11. The first kappa shape index (κ1) is 16.9. The zero-order chi connectivity index (χ0) is 15.7. The lowest BCUT2D eigenvalue weighted by Gasteiger charge is -2.09. The second-order valence-electron chi connectivity index (χ2n) is 4.81. The molecule has 6 heteroatoms. The van der Waals surface area contributed by atoms with Crippen LogP contribution in [0.4, 0.5) is 11.4 Å². The van der Waals surface area contributed by atoms with Gasteiger partial charge in [0.15, 0.2) is 0 Å². The SMILES string of the molecule is CCCCCCNC(=O)c1cccc(NCC)c1[N+](=O)[O-]. The average molecular weight is 293 g/mol. The van der Waals surface area contributed by atoms with E-state index in [1.807, 2.05) is 6.92 Å². The summed E-state index contributed by atoms with van der Waals surface area (Å²) in [6.07, 6.45) is 4.20. The van der Waals surface area contributed by atoms with E-state index in [0.717, 1.165) is 25.7 Å². The van der Waals surface area contributed by atoms with Crippen molar-refractivity contribution in [2.75, 3.05) is 18.4 Å². The molecule has 1 amide bonds. The van der Waals surface area contributed by atoms with Crippen LogP contribution in [0.5, 0.6) is 0 Å². The maximum atomic E-state index is 12.1. The molecule has 1 aromatic rings. The largest absolute Gasteiger partial charge is 0.380 e. The van der Waals surface area contributed by atoms with Crippen molar-refractivity contribution in [1.82, 2.24) is 5.32 Å². The molecule has 0 radical (unpaired) electrons. The lowest BCUT2D eigenvalue weighted by atomic mass is 10.1. The Bertz CT molecular complexity index is 489. The van der Waals surface area contributed by atoms with Gasteiger partial charge in [-0.25, -0.2) is 0 Å². The molecule has 0 heterocycles. The minimum absolute atomic E-state index is 0.106. The molecule has 0 saturated heterocycles. The van der Waals surface area contributed by atoms with Gasteiger partial charge in [-0.1, -0.05) is 32.3 Å². The van der Waals surface area contributed by atoms with Crippen molar-refractivity contribution in [2.24, 2.45) is 0 Å². The van der Waals surface area contributed by atoms with Gasteiger partial charge < -0.3 is 10.6 Å². The molecule has 6 nitrogen and oxygen atoms in total. The molecular weight excluding hydrogens is 270 g/mol. The Morgan fingerprint density at radius 2 is 2.00 bits per heavy atom. The monoisotopic (exact) mass is 293 g/mol. The molecule has 116 valence electrons. The standard InChI is InChI=1S/C15H23N3O3/c1-3-5-6-7-11-17-15(19)12-9-8-10-13(16-4-2)14(12)18(20)21/h8-10,16H,3-7,11H2,1-2H3,(H,17,19). The number of carbonyl (C=O) groups excluding carboxylic acids is 1. The molecule has 2 N–H and O–H groups in total. The number of para-hydroxylation sites is 1. The van der Waals surface area contributed by atoms with Crippen molar-refractivity contribution in [3.63, 3.8) is 0 Å². The van der Waals surface area contributed by atoms with E-state index in [4.69, 9.17) is 0 Å². The molecule has 0 saturated carbocycles. The highest BCUT2D eigenvalue weighted by Gasteiger charge is 2.23. The average Bonchev–Trinajstić information content (AvgIpc) is 2.46. The predicted molar refractivity (Wildman–Crippen MR) is 83.7 cm³/mol. The first-order valence-electron chi connectivity index (χ1n) is 7.41. The molecule has 0 spiro atoms. The van der Waals surface area contributed by atoms with Crippen LogP contribution in [0.25, 0.3) is 0 Å². The number of rotatable bonds is 9. The Kier molecular flexibility index (Phi) is 7.21. The number of benzene rings is 1. The first-order chi connectivity index (χ1) is 10.1. The van der Waals surface area contributed by atoms with Gasteiger partial charge in [-0.2, -0.15) is 0 Å². The number of nitro groups is 1. The molecule has 0 aliphatic heterocycles. The summed E-state index contributed by atoms with van der Waals surface area (Å²) in [7, 11) is 0. The van der Waals surface area contributed by atoms with Gasteiger partial charge in [-0.15, -0.1) is 0 Å². The zero-order valence-electron chi connectivity index (χ0n) is 12.6. The molecule has 0 bridgehead atoms. The van der Waals surface area contributed by atoms with Crippen molar-refractivity contribution in [3.8, 4) is 0 Å². The molecule has 0 aliphatic rings. The van der Waals surface area contributed by atoms with Gasteiger partial charge >= 0.3 is 5.69 Å². The van der Waals surface area contributed by atoms with E-state index in [1.54, 1.807) is 12.1 Å². The smallest absolute Gasteiger partial charge is 0.305 e. The summed E-state index contributed by atoms with van der Waals surface area (Å²) < 4.78 is 0. The van der Waals surface area contributed by atoms with Crippen LogP contribution < -0.4 is 10.6 Å². The summed E-state index contributed by atoms with van der Waals surface area (Å²) in [5, 5.41) is 16.9. The Morgan fingerprint density at radius 3 is 2.62 bits per heavy atom. The number of amides is 1. The van der Waals surface area contributed by atoms with Crippen molar-refractivity contribution >= 4 is 17.3 Å². The Morgan fingerprint density at radius 1 is 1.24 bits per heavy atom. The quantitative estimate of drug-likeness (QED) is 0.415. The number of unbranched alkanes of at least 4 members (excludes halogenated alkanes) is 3. The van der Waals surface area contributed by atoms with E-state index in [-0.39, 0.29) is 11.3 Å². The fourth-order valence-corrected chi connectivity index (χ4v) is 2.11. The van der Waals surface area contributed by atoms with Crippen molar-refractivity contribution in [3.05, 3.63) is 33.9 Å². The van der Waals surface area contributed by atoms with E-state index >= 15 is 0 Å². The fraction of sp³-hybridized carbons (Fsp3) is 0.533. The second-order valence-corrected chi connectivity index (χ2v) is 4.81. The molecule has 0 aromatic heterocycles. The Balaban J connectivity index is 2.78. The summed E-state index contributed by atoms with van der Waals surface area (Å²) in [4.78, 5) is 22.8. The minimum atomic E-state index is -0.510. The van der Waals surface area contributed by atoms with Crippen LogP contribution in [-0.4, -0.2) is 23.9 Å². The Labute approximate surface area is 125 Å². The molecule has 21 heavy (non-hydrogen) atoms. The van der Waals surface area contributed by atoms with E-state index < -0.39 is 10.8 Å². The minimum Gasteiger partial charge on any atom is -0.380 e. The van der Waals surface area contributed by atoms with Gasteiger partial charge in [0.25, 0.3) is 5.91 Å². The third-order valence-electron chi connectivity index (χ3n) is 3.15. The summed E-state index contributed by atoms with van der Waals surface area (Å²) in [5.41, 5.74) is 0.320. The fourth-order valence-electron chi connectivity index (χ4n) is 2.11. The highest BCUT2D eigenvalue weighted by atomic mass is 16.6. The maximum Gasteiger partial charge on any atom is 0.305 e. The maximum absolute atomic E-state index is 12.1. The molecule has 0 aliphatic carbocycles. The van der Waals surface area contributed by atoms with Gasteiger partial charge in [0.05, 0.1) is 4.92 Å². The van der Waals surface area contributed by atoms with Crippen molar-refractivity contribution < 1.29 is 9.72 Å². The van der Waals surface area contributed by atoms with Crippen LogP contribution in [0, 0.1) is 10.1 Å². The highest BCUT2D eigenvalue weighted by molar-refractivity contribution is 6.00. The van der Waals surface area contributed by atoms with Gasteiger partial charge in [-0.05, 0) is 25.5 Å². The topological polar surface area (TPSA) is 84.3 Å². The van der Waals surface area contributed by atoms with Crippen LogP contribution >= 0.6 is 0 Å². The third-order valence-corrected chi connectivity index (χ3v) is 3.15. The predicted octanol–water partition coefficient (Wildman–Crippen LogP) is 3.34. The number of nitro benzene ring substituents is 1. The van der Waals surface area contributed by atoms with E-state index in [0.29, 0.717) is 18.8 Å². The second kappa shape index (κ2) is 8.94. The van der Waals surface area contributed by atoms with Crippen LogP contribution in [0.15, 0.2) is 18.2 Å². The van der Waals surface area contributed by atoms with Crippen LogP contribution in [0.2, 0.25) is 0 Å². The number of hydrogen-bond acceptors (Lipinski definition) is 4. The van der Waals surface area contributed by atoms with Gasteiger partial charge in [0.1, 0.15) is 11.3 Å². The third kappa shape index (κ3) is 5.06. The molecule has 1 rings (SSSR count).